The summed E-state index contributed by atoms with van der Waals surface area (Å²) in [7, 11) is 0. The van der Waals surface area contributed by atoms with Crippen LogP contribution in [0.2, 0.25) is 13.1 Å². The van der Waals surface area contributed by atoms with Gasteiger partial charge < -0.3 is 24.8 Å². The first-order valence-corrected chi connectivity index (χ1v) is 18.0. The van der Waals surface area contributed by atoms with Crippen LogP contribution < -0.4 is 24.8 Å². The monoisotopic (exact) mass is 588 g/mol. The van der Waals surface area contributed by atoms with Crippen molar-refractivity contribution in [3.8, 4) is 0 Å². The van der Waals surface area contributed by atoms with Gasteiger partial charge in [0.2, 0.25) is 0 Å². The summed E-state index contributed by atoms with van der Waals surface area (Å²) in [6.45, 7) is 18.1. The number of hydrogen-bond donors (Lipinski definition) is 0. The molecule has 0 radical (unpaired) electrons. The summed E-state index contributed by atoms with van der Waals surface area (Å²) < 4.78 is 0. The SMILES string of the molecule is C[Si](C)=[Zr+2].Cc1cc2c([cH-]1)C=CC=CC2C(C)C.Cc1cc2c([cH-]1)C=CC=CC2C(C)C.[Cl-].[Cl-]. The van der Waals surface area contributed by atoms with E-state index in [4.69, 9.17) is 0 Å². The first-order valence-electron chi connectivity index (χ1n) is 11.9. The van der Waals surface area contributed by atoms with E-state index >= 15 is 0 Å². The second kappa shape index (κ2) is 16.2. The molecule has 0 heterocycles. The van der Waals surface area contributed by atoms with E-state index in [0.29, 0.717) is 23.7 Å². The molecule has 184 valence electrons. The van der Waals surface area contributed by atoms with Gasteiger partial charge in [0.1, 0.15) is 0 Å². The largest absolute Gasteiger partial charge is 1.00 e. The van der Waals surface area contributed by atoms with E-state index < -0.39 is 0 Å². The average Bonchev–Trinajstić information content (AvgIpc) is 3.08. The Kier molecular flexibility index (Phi) is 15.8. The second-order valence-electron chi connectivity index (χ2n) is 9.91. The zero-order valence-corrected chi connectivity index (χ0v) is 27.0. The van der Waals surface area contributed by atoms with Crippen LogP contribution in [0.3, 0.4) is 0 Å². The Balaban J connectivity index is 0.000000528. The van der Waals surface area contributed by atoms with E-state index in [1.165, 1.54) is 33.4 Å². The number of halogens is 2. The molecular weight excluding hydrogens is 551 g/mol. The van der Waals surface area contributed by atoms with Gasteiger partial charge in [-0.2, -0.15) is 34.4 Å². The fourth-order valence-corrected chi connectivity index (χ4v) is 4.32. The van der Waals surface area contributed by atoms with Crippen LogP contribution in [0.1, 0.15) is 72.9 Å². The molecule has 2 atom stereocenters. The molecule has 0 spiro atoms. The molecule has 0 aliphatic heterocycles. The molecule has 0 nitrogen and oxygen atoms in total. The van der Waals surface area contributed by atoms with Gasteiger partial charge in [-0.3, -0.25) is 0 Å². The number of fused-ring (bicyclic) bond motifs is 2. The summed E-state index contributed by atoms with van der Waals surface area (Å²) in [5.74, 6) is 2.50. The van der Waals surface area contributed by atoms with Crippen molar-refractivity contribution >= 4 is 17.6 Å². The van der Waals surface area contributed by atoms with Gasteiger partial charge in [-0.1, -0.05) is 65.8 Å². The summed E-state index contributed by atoms with van der Waals surface area (Å²) in [4.78, 5) is 0. The molecule has 2 aliphatic carbocycles. The molecule has 4 rings (SSSR count). The van der Waals surface area contributed by atoms with Crippen LogP contribution in [0.15, 0.2) is 60.7 Å². The van der Waals surface area contributed by atoms with E-state index in [0.717, 1.165) is 0 Å². The van der Waals surface area contributed by atoms with Crippen molar-refractivity contribution in [1.29, 1.82) is 0 Å². The third-order valence-corrected chi connectivity index (χ3v) is 5.76. The molecular formula is C30H40Cl2SiZr-2. The summed E-state index contributed by atoms with van der Waals surface area (Å²) in [5.41, 5.74) is 8.73. The van der Waals surface area contributed by atoms with Gasteiger partial charge >= 0.3 is 41.9 Å². The smallest absolute Gasteiger partial charge is 0.0375 e. The average molecular weight is 591 g/mol. The minimum atomic E-state index is 0. The van der Waals surface area contributed by atoms with Gasteiger partial charge in [-0.25, -0.2) is 0 Å². The number of hydrogen-bond acceptors (Lipinski definition) is 0. The number of aryl methyl sites for hydroxylation is 2. The van der Waals surface area contributed by atoms with Crippen LogP contribution in [0, 0.1) is 25.7 Å². The molecule has 0 saturated heterocycles. The Hall–Kier alpha value is -0.660. The van der Waals surface area contributed by atoms with E-state index in [2.05, 4.69) is 128 Å². The second-order valence-corrected chi connectivity index (χ2v) is 19.3. The van der Waals surface area contributed by atoms with Gasteiger partial charge in [-0.05, 0) is 23.7 Å². The van der Waals surface area contributed by atoms with Crippen LogP contribution in [-0.2, 0) is 23.3 Å². The van der Waals surface area contributed by atoms with E-state index in [1.54, 1.807) is 23.3 Å². The standard InChI is InChI=1S/2C14H17.C2H6Si.2ClH.Zr/c2*1-10(2)13-7-5-4-6-12-8-11(3)9-14(12)13;1-3-2;;;/h2*4-10,13H,1-3H3;1-2H3;2*1H;/q2*-1;;;;+2/p-2. The van der Waals surface area contributed by atoms with Crippen molar-refractivity contribution in [3.05, 3.63) is 94.1 Å². The fraction of sp³-hybridized carbons (Fsp3) is 0.400. The van der Waals surface area contributed by atoms with E-state index in [9.17, 15) is 0 Å². The third-order valence-electron chi connectivity index (χ3n) is 5.76. The Bertz CT molecular complexity index is 935. The molecule has 2 aromatic carbocycles. The molecule has 0 saturated carbocycles. The maximum Gasteiger partial charge on any atom is -0.0375 e. The van der Waals surface area contributed by atoms with Crippen LogP contribution in [-0.4, -0.2) is 5.43 Å². The quantitative estimate of drug-likeness (QED) is 0.373. The van der Waals surface area contributed by atoms with Gasteiger partial charge in [0, 0.05) is 0 Å². The first-order chi connectivity index (χ1) is 15.1. The van der Waals surface area contributed by atoms with Crippen molar-refractivity contribution in [2.75, 3.05) is 0 Å². The first kappa shape index (κ1) is 33.3. The van der Waals surface area contributed by atoms with Crippen molar-refractivity contribution < 1.29 is 48.1 Å². The zero-order chi connectivity index (χ0) is 23.8. The molecule has 2 aromatic rings. The van der Waals surface area contributed by atoms with Crippen LogP contribution in [0.25, 0.3) is 12.2 Å². The topological polar surface area (TPSA) is 0 Å². The van der Waals surface area contributed by atoms with E-state index in [-0.39, 0.29) is 30.2 Å². The molecule has 2 unspecified atom stereocenters. The summed E-state index contributed by atoms with van der Waals surface area (Å²) in [5, 5.41) is 0. The predicted octanol–water partition coefficient (Wildman–Crippen LogP) is 2.87. The van der Waals surface area contributed by atoms with Gasteiger partial charge in [0.15, 0.2) is 0 Å². The maximum absolute atomic E-state index is 2.32. The van der Waals surface area contributed by atoms with Crippen molar-refractivity contribution in [3.63, 3.8) is 0 Å². The van der Waals surface area contributed by atoms with Gasteiger partial charge in [-0.15, -0.1) is 47.6 Å². The summed E-state index contributed by atoms with van der Waals surface area (Å²) >= 11 is 1.74. The Morgan fingerprint density at radius 2 is 1.03 bits per heavy atom. The maximum atomic E-state index is 2.32. The van der Waals surface area contributed by atoms with Crippen LogP contribution in [0.5, 0.6) is 0 Å². The van der Waals surface area contributed by atoms with Crippen molar-refractivity contribution in [2.45, 2.75) is 66.5 Å². The molecule has 2 aliphatic rings. The van der Waals surface area contributed by atoms with Crippen molar-refractivity contribution in [1.82, 2.24) is 0 Å². The van der Waals surface area contributed by atoms with Crippen molar-refractivity contribution in [2.24, 2.45) is 11.8 Å². The predicted molar refractivity (Wildman–Crippen MR) is 143 cm³/mol. The Labute approximate surface area is 236 Å². The Morgan fingerprint density at radius 3 is 1.32 bits per heavy atom. The number of rotatable bonds is 2. The Morgan fingerprint density at radius 1 is 0.706 bits per heavy atom. The minimum absolute atomic E-state index is 0. The van der Waals surface area contributed by atoms with Crippen LogP contribution >= 0.6 is 0 Å². The molecule has 34 heavy (non-hydrogen) atoms. The fourth-order valence-electron chi connectivity index (χ4n) is 4.32. The molecule has 0 aromatic heterocycles. The zero-order valence-electron chi connectivity index (χ0n) is 22.0. The van der Waals surface area contributed by atoms with E-state index in [1.807, 2.05) is 0 Å². The molecule has 0 bridgehead atoms. The number of allylic oxidation sites excluding steroid dienone is 6. The minimum Gasteiger partial charge on any atom is -1.00 e. The molecule has 4 heteroatoms. The molecule has 0 fully saturated rings. The van der Waals surface area contributed by atoms with Gasteiger partial charge in [0.05, 0.1) is 0 Å². The normalized spacial score (nSPS) is 17.2. The summed E-state index contributed by atoms with van der Waals surface area (Å²) in [6, 6.07) is 9.18. The molecule has 0 amide bonds. The summed E-state index contributed by atoms with van der Waals surface area (Å²) in [6.07, 6.45) is 17.7. The van der Waals surface area contributed by atoms with Gasteiger partial charge in [0.25, 0.3) is 0 Å². The third kappa shape index (κ3) is 10.1. The van der Waals surface area contributed by atoms with Crippen LogP contribution in [0.4, 0.5) is 0 Å². The molecule has 0 N–H and O–H groups in total.